The van der Waals surface area contributed by atoms with Gasteiger partial charge < -0.3 is 4.74 Å². The minimum absolute atomic E-state index is 0.0960. The quantitative estimate of drug-likeness (QED) is 0.689. The lowest BCUT2D eigenvalue weighted by atomic mass is 10.1. The van der Waals surface area contributed by atoms with Crippen LogP contribution >= 0.6 is 11.3 Å². The second kappa shape index (κ2) is 8.39. The normalized spacial score (nSPS) is 10.9. The van der Waals surface area contributed by atoms with Gasteiger partial charge in [-0.15, -0.1) is 11.3 Å². The average Bonchev–Trinajstić information content (AvgIpc) is 3.05. The Balaban J connectivity index is 2.36. The smallest absolute Gasteiger partial charge is 0.273 e. The first-order valence-corrected chi connectivity index (χ1v) is 9.45. The van der Waals surface area contributed by atoms with E-state index in [1.165, 1.54) is 4.57 Å². The van der Waals surface area contributed by atoms with Crippen molar-refractivity contribution in [3.8, 4) is 23.6 Å². The van der Waals surface area contributed by atoms with E-state index >= 15 is 0 Å². The van der Waals surface area contributed by atoms with E-state index < -0.39 is 0 Å². The van der Waals surface area contributed by atoms with Crippen LogP contribution in [0.2, 0.25) is 0 Å². The fourth-order valence-corrected chi connectivity index (χ4v) is 3.86. The van der Waals surface area contributed by atoms with E-state index in [1.807, 2.05) is 60.7 Å². The summed E-state index contributed by atoms with van der Waals surface area (Å²) in [5.41, 5.74) is 2.13. The number of rotatable bonds is 4. The molecule has 0 spiro atoms. The van der Waals surface area contributed by atoms with Crippen LogP contribution in [0.3, 0.4) is 0 Å². The van der Waals surface area contributed by atoms with Crippen LogP contribution in [0.15, 0.2) is 53.3 Å². The minimum Gasteiger partial charge on any atom is -0.496 e. The maximum Gasteiger partial charge on any atom is 0.273 e. The Bertz CT molecular complexity index is 1250. The highest BCUT2D eigenvalue weighted by molar-refractivity contribution is 7.07. The molecule has 0 bridgehead atoms. The summed E-state index contributed by atoms with van der Waals surface area (Å²) >= 11 is 1.12. The lowest BCUT2D eigenvalue weighted by Gasteiger charge is -2.03. The molecule has 0 aliphatic carbocycles. The highest BCUT2D eigenvalue weighted by Gasteiger charge is 2.12. The van der Waals surface area contributed by atoms with Crippen LogP contribution in [0.25, 0.3) is 17.3 Å². The first-order chi connectivity index (χ1) is 13.6. The van der Waals surface area contributed by atoms with Crippen LogP contribution in [-0.4, -0.2) is 11.7 Å². The van der Waals surface area contributed by atoms with E-state index in [0.29, 0.717) is 20.6 Å². The molecule has 5 nitrogen and oxygen atoms in total. The summed E-state index contributed by atoms with van der Waals surface area (Å²) < 4.78 is 7.51. The fourth-order valence-electron chi connectivity index (χ4n) is 2.81. The van der Waals surface area contributed by atoms with Crippen LogP contribution in [0.4, 0.5) is 0 Å². The number of aryl methyl sites for hydroxylation is 1. The molecule has 0 radical (unpaired) electrons. The van der Waals surface area contributed by atoms with Crippen LogP contribution in [0, 0.1) is 22.7 Å². The summed E-state index contributed by atoms with van der Waals surface area (Å²) in [6, 6.07) is 18.7. The fraction of sp³-hybridized carbons (Fsp3) is 0.136. The van der Waals surface area contributed by atoms with Crippen molar-refractivity contribution in [2.75, 3.05) is 7.11 Å². The van der Waals surface area contributed by atoms with Crippen LogP contribution in [0.5, 0.6) is 5.75 Å². The highest BCUT2D eigenvalue weighted by Crippen LogP contribution is 2.17. The zero-order chi connectivity index (χ0) is 20.1. The minimum atomic E-state index is -0.279. The molecule has 0 saturated carbocycles. The van der Waals surface area contributed by atoms with E-state index in [-0.39, 0.29) is 11.1 Å². The zero-order valence-electron chi connectivity index (χ0n) is 15.5. The van der Waals surface area contributed by atoms with Gasteiger partial charge in [0.05, 0.1) is 17.3 Å². The van der Waals surface area contributed by atoms with Gasteiger partial charge in [0.25, 0.3) is 5.56 Å². The van der Waals surface area contributed by atoms with Gasteiger partial charge in [-0.3, -0.25) is 9.36 Å². The average molecular weight is 387 g/mol. The number of methoxy groups -OCH3 is 1. The molecule has 0 amide bonds. The van der Waals surface area contributed by atoms with Crippen molar-refractivity contribution < 1.29 is 4.74 Å². The summed E-state index contributed by atoms with van der Waals surface area (Å²) in [5, 5.41) is 18.7. The van der Waals surface area contributed by atoms with E-state index in [0.717, 1.165) is 28.9 Å². The van der Waals surface area contributed by atoms with Gasteiger partial charge in [-0.05, 0) is 36.3 Å². The second-order valence-electron chi connectivity index (χ2n) is 5.92. The van der Waals surface area contributed by atoms with Gasteiger partial charge in [-0.2, -0.15) is 10.5 Å². The third-order valence-corrected chi connectivity index (χ3v) is 5.38. The largest absolute Gasteiger partial charge is 0.496 e. The zero-order valence-corrected chi connectivity index (χ0v) is 16.3. The molecule has 3 aromatic rings. The number of nitrogens with zero attached hydrogens (tertiary/aromatic N) is 3. The Labute approximate surface area is 166 Å². The van der Waals surface area contributed by atoms with E-state index in [2.05, 4.69) is 6.92 Å². The molecule has 0 aliphatic heterocycles. The standard InChI is InChI=1S/C22H17N3O2S/c1-3-15-8-10-18(11-9-15)25-21(26)20(28-22(25)17(13-23)14-24)12-16-6-4-5-7-19(16)27-2/h4-12H,3H2,1-2H3/b20-12+. The maximum absolute atomic E-state index is 13.2. The molecule has 1 aromatic heterocycles. The topological polar surface area (TPSA) is 78.8 Å². The number of ether oxygens (including phenoxy) is 1. The number of aromatic nitrogens is 1. The monoisotopic (exact) mass is 387 g/mol. The molecular formula is C22H17N3O2S. The first kappa shape index (κ1) is 19.2. The lowest BCUT2D eigenvalue weighted by molar-refractivity contribution is 0.414. The number of hydrogen-bond acceptors (Lipinski definition) is 5. The van der Waals surface area contributed by atoms with Crippen LogP contribution in [0.1, 0.15) is 18.1 Å². The number of benzene rings is 2. The number of hydrogen-bond donors (Lipinski definition) is 0. The molecule has 0 fully saturated rings. The summed E-state index contributed by atoms with van der Waals surface area (Å²) in [7, 11) is 1.57. The number of para-hydroxylation sites is 1. The SMILES string of the molecule is CCc1ccc(-n2c(=C(C#N)C#N)s/c(=C/c3ccccc3OC)c2=O)cc1. The predicted octanol–water partition coefficient (Wildman–Crippen LogP) is 2.50. The highest BCUT2D eigenvalue weighted by atomic mass is 32.1. The van der Waals surface area contributed by atoms with Crippen molar-refractivity contribution in [1.29, 1.82) is 10.5 Å². The van der Waals surface area contributed by atoms with Crippen molar-refractivity contribution >= 4 is 23.0 Å². The Morgan fingerprint density at radius 1 is 1.14 bits per heavy atom. The molecule has 0 aliphatic rings. The molecule has 2 aromatic carbocycles. The second-order valence-corrected chi connectivity index (χ2v) is 6.95. The molecule has 0 unspecified atom stereocenters. The Hall–Kier alpha value is -3.61. The van der Waals surface area contributed by atoms with Gasteiger partial charge in [0.2, 0.25) is 0 Å². The van der Waals surface area contributed by atoms with Crippen molar-refractivity contribution in [1.82, 2.24) is 4.57 Å². The molecule has 0 saturated heterocycles. The number of thiazole rings is 1. The first-order valence-electron chi connectivity index (χ1n) is 8.63. The predicted molar refractivity (Wildman–Crippen MR) is 110 cm³/mol. The molecule has 6 heteroatoms. The van der Waals surface area contributed by atoms with E-state index in [9.17, 15) is 15.3 Å². The number of nitriles is 2. The van der Waals surface area contributed by atoms with Crippen LogP contribution < -0.4 is 19.5 Å². The van der Waals surface area contributed by atoms with E-state index in [4.69, 9.17) is 4.74 Å². The van der Waals surface area contributed by atoms with Crippen LogP contribution in [-0.2, 0) is 6.42 Å². The summed E-state index contributed by atoms with van der Waals surface area (Å²) in [5.74, 6) is 0.639. The molecule has 1 heterocycles. The van der Waals surface area contributed by atoms with Gasteiger partial charge in [0, 0.05) is 5.56 Å². The van der Waals surface area contributed by atoms with E-state index in [1.54, 1.807) is 13.2 Å². The summed E-state index contributed by atoms with van der Waals surface area (Å²) in [6.07, 6.45) is 2.60. The third kappa shape index (κ3) is 3.59. The van der Waals surface area contributed by atoms with Crippen molar-refractivity contribution in [2.45, 2.75) is 13.3 Å². The molecular weight excluding hydrogens is 370 g/mol. The Kier molecular flexibility index (Phi) is 5.74. The van der Waals surface area contributed by atoms with Crippen molar-refractivity contribution in [3.05, 3.63) is 79.2 Å². The molecule has 0 N–H and O–H groups in total. The molecule has 138 valence electrons. The molecule has 28 heavy (non-hydrogen) atoms. The third-order valence-electron chi connectivity index (χ3n) is 4.29. The molecule has 3 rings (SSSR count). The van der Waals surface area contributed by atoms with Gasteiger partial charge in [0.15, 0.2) is 5.57 Å². The Morgan fingerprint density at radius 3 is 2.43 bits per heavy atom. The lowest BCUT2D eigenvalue weighted by Crippen LogP contribution is -2.30. The molecule has 0 atom stereocenters. The van der Waals surface area contributed by atoms with Crippen molar-refractivity contribution in [2.24, 2.45) is 0 Å². The van der Waals surface area contributed by atoms with Gasteiger partial charge >= 0.3 is 0 Å². The summed E-state index contributed by atoms with van der Waals surface area (Å²) in [6.45, 7) is 2.05. The Morgan fingerprint density at radius 2 is 1.82 bits per heavy atom. The van der Waals surface area contributed by atoms with Gasteiger partial charge in [0.1, 0.15) is 22.6 Å². The van der Waals surface area contributed by atoms with Gasteiger partial charge in [-0.25, -0.2) is 0 Å². The maximum atomic E-state index is 13.2. The van der Waals surface area contributed by atoms with Crippen molar-refractivity contribution in [3.63, 3.8) is 0 Å². The summed E-state index contributed by atoms with van der Waals surface area (Å²) in [4.78, 5) is 13.2. The van der Waals surface area contributed by atoms with Gasteiger partial charge in [-0.1, -0.05) is 37.3 Å².